The molecule has 0 bridgehead atoms. The minimum absolute atomic E-state index is 0.103. The van der Waals surface area contributed by atoms with E-state index in [0.29, 0.717) is 29.3 Å². The summed E-state index contributed by atoms with van der Waals surface area (Å²) in [5.41, 5.74) is 1.93. The fraction of sp³-hybridized carbons (Fsp3) is 0.174. The number of hydrogen-bond donors (Lipinski definition) is 2. The summed E-state index contributed by atoms with van der Waals surface area (Å²) in [4.78, 5) is 12.2. The maximum absolute atomic E-state index is 12.7. The van der Waals surface area contributed by atoms with Gasteiger partial charge in [-0.05, 0) is 66.6 Å². The van der Waals surface area contributed by atoms with Crippen molar-refractivity contribution in [2.45, 2.75) is 18.2 Å². The lowest BCUT2D eigenvalue weighted by atomic mass is 10.1. The zero-order chi connectivity index (χ0) is 22.3. The fourth-order valence-corrected chi connectivity index (χ4v) is 3.97. The molecule has 3 aromatic rings. The highest BCUT2D eigenvalue weighted by atomic mass is 32.2. The predicted molar refractivity (Wildman–Crippen MR) is 120 cm³/mol. The lowest BCUT2D eigenvalue weighted by Crippen LogP contribution is -2.20. The van der Waals surface area contributed by atoms with Gasteiger partial charge in [0.05, 0.1) is 17.7 Å². The molecule has 0 saturated heterocycles. The molecule has 0 atom stereocenters. The molecule has 0 saturated carbocycles. The minimum atomic E-state index is -3.74. The first-order valence-electron chi connectivity index (χ1n) is 9.69. The summed E-state index contributed by atoms with van der Waals surface area (Å²) < 4.78 is 38.5. The van der Waals surface area contributed by atoms with Crippen molar-refractivity contribution in [1.29, 1.82) is 0 Å². The Kier molecular flexibility index (Phi) is 7.15. The maximum atomic E-state index is 12.7. The molecular weight excluding hydrogens is 416 g/mol. The molecule has 0 heterocycles. The van der Waals surface area contributed by atoms with Crippen molar-refractivity contribution >= 4 is 27.3 Å². The summed E-state index contributed by atoms with van der Waals surface area (Å²) in [6, 6.07) is 20.1. The molecule has 162 valence electrons. The van der Waals surface area contributed by atoms with Crippen LogP contribution in [0.4, 0.5) is 11.4 Å². The van der Waals surface area contributed by atoms with Crippen molar-refractivity contribution in [3.8, 4) is 11.5 Å². The number of anilines is 2. The Bertz CT molecular complexity index is 1130. The normalized spacial score (nSPS) is 10.9. The Labute approximate surface area is 182 Å². The monoisotopic (exact) mass is 440 g/mol. The molecule has 1 amide bonds. The van der Waals surface area contributed by atoms with Gasteiger partial charge in [-0.3, -0.25) is 9.52 Å². The number of benzene rings is 3. The number of sulfonamides is 1. The summed E-state index contributed by atoms with van der Waals surface area (Å²) in [5, 5.41) is 2.68. The molecule has 0 aliphatic heterocycles. The summed E-state index contributed by atoms with van der Waals surface area (Å²) in [6.07, 6.45) is 0.711. The number of ether oxygens (including phenoxy) is 2. The Balaban J connectivity index is 1.59. The van der Waals surface area contributed by atoms with Crippen LogP contribution in [0.2, 0.25) is 0 Å². The molecule has 3 aromatic carbocycles. The molecule has 7 nitrogen and oxygen atoms in total. The van der Waals surface area contributed by atoms with E-state index in [9.17, 15) is 13.2 Å². The molecule has 0 spiro atoms. The first-order chi connectivity index (χ1) is 14.9. The average molecular weight is 441 g/mol. The lowest BCUT2D eigenvalue weighted by Gasteiger charge is -2.12. The van der Waals surface area contributed by atoms with Gasteiger partial charge in [0.1, 0.15) is 11.5 Å². The van der Waals surface area contributed by atoms with E-state index in [1.165, 1.54) is 24.3 Å². The van der Waals surface area contributed by atoms with Gasteiger partial charge in [0.25, 0.3) is 15.9 Å². The first-order valence-corrected chi connectivity index (χ1v) is 11.2. The van der Waals surface area contributed by atoms with Crippen LogP contribution in [0, 0.1) is 0 Å². The van der Waals surface area contributed by atoms with Gasteiger partial charge in [-0.15, -0.1) is 0 Å². The zero-order valence-electron chi connectivity index (χ0n) is 17.3. The van der Waals surface area contributed by atoms with Crippen molar-refractivity contribution in [1.82, 2.24) is 0 Å². The van der Waals surface area contributed by atoms with Crippen molar-refractivity contribution in [3.05, 3.63) is 78.4 Å². The fourth-order valence-electron chi connectivity index (χ4n) is 2.87. The van der Waals surface area contributed by atoms with Crippen molar-refractivity contribution in [3.63, 3.8) is 0 Å². The highest BCUT2D eigenvalue weighted by molar-refractivity contribution is 7.92. The SMILES string of the molecule is CCc1ccccc1NS(=O)(=O)c1ccc(NC(=O)COc2ccc(OC)cc2)cc1. The van der Waals surface area contributed by atoms with E-state index in [-0.39, 0.29) is 17.4 Å². The summed E-state index contributed by atoms with van der Waals surface area (Å²) in [6.45, 7) is 1.78. The Morgan fingerprint density at radius 2 is 1.55 bits per heavy atom. The molecule has 3 rings (SSSR count). The van der Waals surface area contributed by atoms with Gasteiger partial charge in [0, 0.05) is 5.69 Å². The molecule has 0 radical (unpaired) electrons. The van der Waals surface area contributed by atoms with Gasteiger partial charge in [-0.1, -0.05) is 25.1 Å². The number of aryl methyl sites for hydroxylation is 1. The van der Waals surface area contributed by atoms with Crippen LogP contribution in [-0.4, -0.2) is 28.0 Å². The molecule has 31 heavy (non-hydrogen) atoms. The van der Waals surface area contributed by atoms with Gasteiger partial charge in [-0.2, -0.15) is 0 Å². The Hall–Kier alpha value is -3.52. The topological polar surface area (TPSA) is 93.7 Å². The molecule has 0 aromatic heterocycles. The van der Waals surface area contributed by atoms with E-state index in [2.05, 4.69) is 10.0 Å². The third kappa shape index (κ3) is 5.99. The van der Waals surface area contributed by atoms with Crippen LogP contribution in [0.5, 0.6) is 11.5 Å². The maximum Gasteiger partial charge on any atom is 0.262 e. The summed E-state index contributed by atoms with van der Waals surface area (Å²) in [5.74, 6) is 0.872. The largest absolute Gasteiger partial charge is 0.497 e. The number of rotatable bonds is 9. The molecule has 0 aliphatic carbocycles. The number of nitrogens with one attached hydrogen (secondary N) is 2. The highest BCUT2D eigenvalue weighted by Crippen LogP contribution is 2.22. The number of amides is 1. The van der Waals surface area contributed by atoms with E-state index in [4.69, 9.17) is 9.47 Å². The molecular formula is C23H24N2O5S. The summed E-state index contributed by atoms with van der Waals surface area (Å²) >= 11 is 0. The first kappa shape index (κ1) is 22.2. The van der Waals surface area contributed by atoms with Crippen molar-refractivity contribution < 1.29 is 22.7 Å². The van der Waals surface area contributed by atoms with Crippen LogP contribution in [0.1, 0.15) is 12.5 Å². The number of hydrogen-bond acceptors (Lipinski definition) is 5. The second-order valence-electron chi connectivity index (χ2n) is 6.65. The number of para-hydroxylation sites is 1. The van der Waals surface area contributed by atoms with Gasteiger partial charge in [0.2, 0.25) is 0 Å². The van der Waals surface area contributed by atoms with Crippen LogP contribution in [0.15, 0.2) is 77.7 Å². The van der Waals surface area contributed by atoms with E-state index in [0.717, 1.165) is 5.56 Å². The molecule has 0 aliphatic rings. The van der Waals surface area contributed by atoms with E-state index in [1.54, 1.807) is 43.5 Å². The Morgan fingerprint density at radius 1 is 0.903 bits per heavy atom. The van der Waals surface area contributed by atoms with Crippen LogP contribution in [0.3, 0.4) is 0 Å². The summed E-state index contributed by atoms with van der Waals surface area (Å²) in [7, 11) is -2.17. The predicted octanol–water partition coefficient (Wildman–Crippen LogP) is 4.08. The van der Waals surface area contributed by atoms with E-state index < -0.39 is 10.0 Å². The van der Waals surface area contributed by atoms with Gasteiger partial charge >= 0.3 is 0 Å². The number of methoxy groups -OCH3 is 1. The van der Waals surface area contributed by atoms with E-state index >= 15 is 0 Å². The zero-order valence-corrected chi connectivity index (χ0v) is 18.1. The van der Waals surface area contributed by atoms with Crippen LogP contribution in [0.25, 0.3) is 0 Å². The quantitative estimate of drug-likeness (QED) is 0.523. The number of carbonyl (C=O) groups excluding carboxylic acids is 1. The Morgan fingerprint density at radius 3 is 2.19 bits per heavy atom. The number of carbonyl (C=O) groups is 1. The van der Waals surface area contributed by atoms with Gasteiger partial charge < -0.3 is 14.8 Å². The van der Waals surface area contributed by atoms with Crippen LogP contribution in [-0.2, 0) is 21.2 Å². The standard InChI is InChI=1S/C23H24N2O5S/c1-3-17-6-4-5-7-22(17)25-31(27,28)21-14-8-18(9-15-21)24-23(26)16-30-20-12-10-19(29-2)11-13-20/h4-15,25H,3,16H2,1-2H3,(H,24,26). The van der Waals surface area contributed by atoms with Gasteiger partial charge in [-0.25, -0.2) is 8.42 Å². The van der Waals surface area contributed by atoms with Crippen LogP contribution < -0.4 is 19.5 Å². The van der Waals surface area contributed by atoms with Gasteiger partial charge in [0.15, 0.2) is 6.61 Å². The minimum Gasteiger partial charge on any atom is -0.497 e. The van der Waals surface area contributed by atoms with Crippen LogP contribution >= 0.6 is 0 Å². The molecule has 8 heteroatoms. The van der Waals surface area contributed by atoms with E-state index in [1.807, 2.05) is 19.1 Å². The second kappa shape index (κ2) is 9.99. The second-order valence-corrected chi connectivity index (χ2v) is 8.34. The highest BCUT2D eigenvalue weighted by Gasteiger charge is 2.16. The molecule has 0 unspecified atom stereocenters. The molecule has 2 N–H and O–H groups in total. The van der Waals surface area contributed by atoms with Crippen molar-refractivity contribution in [2.75, 3.05) is 23.8 Å². The lowest BCUT2D eigenvalue weighted by molar-refractivity contribution is -0.118. The smallest absolute Gasteiger partial charge is 0.262 e. The third-order valence-corrected chi connectivity index (χ3v) is 5.90. The molecule has 0 fully saturated rings. The third-order valence-electron chi connectivity index (χ3n) is 4.52. The van der Waals surface area contributed by atoms with Crippen molar-refractivity contribution in [2.24, 2.45) is 0 Å². The average Bonchev–Trinajstić information content (AvgIpc) is 2.78.